The molecular weight excluding hydrogens is 294 g/mol. The van der Waals surface area contributed by atoms with Crippen LogP contribution < -0.4 is 19.5 Å². The molecule has 2 rings (SSSR count). The zero-order valence-electron chi connectivity index (χ0n) is 13.3. The molecule has 0 saturated carbocycles. The van der Waals surface area contributed by atoms with Crippen molar-refractivity contribution < 1.29 is 19.3 Å². The summed E-state index contributed by atoms with van der Waals surface area (Å²) in [5.74, 6) is 2.42. The highest BCUT2D eigenvalue weighted by Crippen LogP contribution is 2.19. The van der Waals surface area contributed by atoms with E-state index in [1.165, 1.54) is 0 Å². The molecule has 5 nitrogen and oxygen atoms in total. The summed E-state index contributed by atoms with van der Waals surface area (Å²) in [7, 11) is 1.64. The topological polar surface area (TPSA) is 60.0 Å². The van der Waals surface area contributed by atoms with E-state index in [9.17, 15) is 0 Å². The molecule has 0 heterocycles. The van der Waals surface area contributed by atoms with Gasteiger partial charge in [0, 0.05) is 18.7 Å². The van der Waals surface area contributed by atoms with Gasteiger partial charge in [-0.1, -0.05) is 18.2 Å². The largest absolute Gasteiger partial charge is 0.497 e. The minimum Gasteiger partial charge on any atom is -0.497 e. The lowest BCUT2D eigenvalue weighted by molar-refractivity contribution is 0.215. The minimum absolute atomic E-state index is 0.124. The van der Waals surface area contributed by atoms with Crippen LogP contribution >= 0.6 is 0 Å². The molecule has 0 radical (unpaired) electrons. The van der Waals surface area contributed by atoms with Gasteiger partial charge in [0.05, 0.1) is 13.7 Å². The summed E-state index contributed by atoms with van der Waals surface area (Å²) >= 11 is 0. The number of para-hydroxylation sites is 1. The van der Waals surface area contributed by atoms with Gasteiger partial charge < -0.3 is 24.6 Å². The number of ether oxygens (including phenoxy) is 3. The molecule has 0 amide bonds. The third-order valence-electron chi connectivity index (χ3n) is 3.25. The maximum atomic E-state index is 8.81. The van der Waals surface area contributed by atoms with Gasteiger partial charge in [-0.2, -0.15) is 0 Å². The maximum Gasteiger partial charge on any atom is 0.123 e. The van der Waals surface area contributed by atoms with Crippen molar-refractivity contribution >= 4 is 0 Å². The maximum absolute atomic E-state index is 8.81. The second-order valence-electron chi connectivity index (χ2n) is 4.88. The zero-order chi connectivity index (χ0) is 16.3. The van der Waals surface area contributed by atoms with Crippen molar-refractivity contribution in [1.29, 1.82) is 0 Å². The van der Waals surface area contributed by atoms with E-state index in [4.69, 9.17) is 19.3 Å². The molecule has 0 atom stereocenters. The molecule has 23 heavy (non-hydrogen) atoms. The lowest BCUT2D eigenvalue weighted by Gasteiger charge is -2.12. The van der Waals surface area contributed by atoms with Gasteiger partial charge in [-0.15, -0.1) is 0 Å². The van der Waals surface area contributed by atoms with Crippen LogP contribution in [0.5, 0.6) is 17.2 Å². The van der Waals surface area contributed by atoms with Crippen LogP contribution in [0.2, 0.25) is 0 Å². The van der Waals surface area contributed by atoms with Crippen molar-refractivity contribution in [3.8, 4) is 17.2 Å². The van der Waals surface area contributed by atoms with E-state index in [-0.39, 0.29) is 6.61 Å². The average Bonchev–Trinajstić information content (AvgIpc) is 2.60. The van der Waals surface area contributed by atoms with Gasteiger partial charge >= 0.3 is 0 Å². The molecule has 0 unspecified atom stereocenters. The SMILES string of the molecule is COc1ccc(OCCOc2ccccc2CNCCO)cc1. The Bertz CT molecular complexity index is 571. The van der Waals surface area contributed by atoms with E-state index in [0.717, 1.165) is 22.8 Å². The van der Waals surface area contributed by atoms with E-state index < -0.39 is 0 Å². The van der Waals surface area contributed by atoms with E-state index in [2.05, 4.69) is 5.32 Å². The molecule has 0 saturated heterocycles. The Morgan fingerprint density at radius 2 is 1.61 bits per heavy atom. The van der Waals surface area contributed by atoms with Crippen molar-refractivity contribution in [3.05, 3.63) is 54.1 Å². The average molecular weight is 317 g/mol. The standard InChI is InChI=1S/C18H23NO4/c1-21-16-6-8-17(9-7-16)22-12-13-23-18-5-3-2-4-15(18)14-19-10-11-20/h2-9,19-20H,10-14H2,1H3. The molecule has 0 fully saturated rings. The number of hydrogen-bond acceptors (Lipinski definition) is 5. The Morgan fingerprint density at radius 1 is 0.913 bits per heavy atom. The Kier molecular flexibility index (Phi) is 7.23. The molecule has 0 aliphatic carbocycles. The second-order valence-corrected chi connectivity index (χ2v) is 4.88. The van der Waals surface area contributed by atoms with Crippen LogP contribution in [0.4, 0.5) is 0 Å². The molecule has 2 aromatic rings. The molecule has 0 aromatic heterocycles. The Morgan fingerprint density at radius 3 is 2.35 bits per heavy atom. The molecule has 5 heteroatoms. The lowest BCUT2D eigenvalue weighted by atomic mass is 10.2. The normalized spacial score (nSPS) is 10.3. The highest BCUT2D eigenvalue weighted by atomic mass is 16.5. The fourth-order valence-corrected chi connectivity index (χ4v) is 2.08. The van der Waals surface area contributed by atoms with Gasteiger partial charge in [-0.25, -0.2) is 0 Å². The first kappa shape index (κ1) is 17.1. The quantitative estimate of drug-likeness (QED) is 0.658. The number of nitrogens with one attached hydrogen (secondary N) is 1. The van der Waals surface area contributed by atoms with Crippen LogP contribution in [-0.4, -0.2) is 38.6 Å². The van der Waals surface area contributed by atoms with Crippen LogP contribution in [0.15, 0.2) is 48.5 Å². The summed E-state index contributed by atoms with van der Waals surface area (Å²) in [6, 6.07) is 15.3. The van der Waals surface area contributed by atoms with Crippen LogP contribution in [-0.2, 0) is 6.54 Å². The summed E-state index contributed by atoms with van der Waals surface area (Å²) < 4.78 is 16.5. The smallest absolute Gasteiger partial charge is 0.123 e. The lowest BCUT2D eigenvalue weighted by Crippen LogP contribution is -2.18. The van der Waals surface area contributed by atoms with Crippen molar-refractivity contribution in [2.24, 2.45) is 0 Å². The Balaban J connectivity index is 1.77. The predicted molar refractivity (Wildman–Crippen MR) is 89.2 cm³/mol. The number of aliphatic hydroxyl groups excluding tert-OH is 1. The molecule has 2 aromatic carbocycles. The molecular formula is C18H23NO4. The number of methoxy groups -OCH3 is 1. The number of rotatable bonds is 10. The van der Waals surface area contributed by atoms with E-state index in [1.807, 2.05) is 48.5 Å². The zero-order valence-corrected chi connectivity index (χ0v) is 13.3. The Labute approximate surface area is 136 Å². The third-order valence-corrected chi connectivity index (χ3v) is 3.25. The van der Waals surface area contributed by atoms with Crippen molar-refractivity contribution in [1.82, 2.24) is 5.32 Å². The summed E-state index contributed by atoms with van der Waals surface area (Å²) in [4.78, 5) is 0. The highest BCUT2D eigenvalue weighted by molar-refractivity contribution is 5.33. The van der Waals surface area contributed by atoms with Gasteiger partial charge in [0.2, 0.25) is 0 Å². The highest BCUT2D eigenvalue weighted by Gasteiger charge is 2.03. The summed E-state index contributed by atoms with van der Waals surface area (Å²) in [5.41, 5.74) is 1.06. The monoisotopic (exact) mass is 317 g/mol. The minimum atomic E-state index is 0.124. The van der Waals surface area contributed by atoms with Crippen LogP contribution in [0, 0.1) is 0 Å². The molecule has 0 bridgehead atoms. The van der Waals surface area contributed by atoms with E-state index in [0.29, 0.717) is 26.3 Å². The summed E-state index contributed by atoms with van der Waals surface area (Å²) in [6.07, 6.45) is 0. The molecule has 0 aliphatic rings. The van der Waals surface area contributed by atoms with E-state index >= 15 is 0 Å². The van der Waals surface area contributed by atoms with E-state index in [1.54, 1.807) is 7.11 Å². The first-order valence-electron chi connectivity index (χ1n) is 7.62. The van der Waals surface area contributed by atoms with Gasteiger partial charge in [-0.05, 0) is 30.3 Å². The van der Waals surface area contributed by atoms with Gasteiger partial charge in [-0.3, -0.25) is 0 Å². The van der Waals surface area contributed by atoms with Crippen molar-refractivity contribution in [2.45, 2.75) is 6.54 Å². The van der Waals surface area contributed by atoms with Crippen molar-refractivity contribution in [2.75, 3.05) is 33.5 Å². The van der Waals surface area contributed by atoms with Crippen LogP contribution in [0.3, 0.4) is 0 Å². The molecule has 0 aliphatic heterocycles. The Hall–Kier alpha value is -2.24. The molecule has 124 valence electrons. The van der Waals surface area contributed by atoms with Crippen LogP contribution in [0.25, 0.3) is 0 Å². The fraction of sp³-hybridized carbons (Fsp3) is 0.333. The third kappa shape index (κ3) is 5.81. The number of hydrogen-bond donors (Lipinski definition) is 2. The first-order chi connectivity index (χ1) is 11.3. The number of aliphatic hydroxyl groups is 1. The van der Waals surface area contributed by atoms with Gasteiger partial charge in [0.15, 0.2) is 0 Å². The van der Waals surface area contributed by atoms with Gasteiger partial charge in [0.25, 0.3) is 0 Å². The fourth-order valence-electron chi connectivity index (χ4n) is 2.08. The number of benzene rings is 2. The van der Waals surface area contributed by atoms with Gasteiger partial charge in [0.1, 0.15) is 30.5 Å². The van der Waals surface area contributed by atoms with Crippen molar-refractivity contribution in [3.63, 3.8) is 0 Å². The predicted octanol–water partition coefficient (Wildman–Crippen LogP) is 2.23. The first-order valence-corrected chi connectivity index (χ1v) is 7.62. The molecule has 2 N–H and O–H groups in total. The second kappa shape index (κ2) is 9.71. The summed E-state index contributed by atoms with van der Waals surface area (Å²) in [5, 5.41) is 12.0. The summed E-state index contributed by atoms with van der Waals surface area (Å²) in [6.45, 7) is 2.28. The molecule has 0 spiro atoms. The van der Waals surface area contributed by atoms with Crippen LogP contribution in [0.1, 0.15) is 5.56 Å².